The van der Waals surface area contributed by atoms with E-state index in [0.717, 1.165) is 19.1 Å². The molecule has 0 spiro atoms. The van der Waals surface area contributed by atoms with E-state index in [2.05, 4.69) is 26.1 Å². The largest absolute Gasteiger partial charge is 0.377 e. The molecule has 2 unspecified atom stereocenters. The second-order valence-corrected chi connectivity index (χ2v) is 5.67. The summed E-state index contributed by atoms with van der Waals surface area (Å²) in [6.07, 6.45) is 11.2. The summed E-state index contributed by atoms with van der Waals surface area (Å²) in [5, 5.41) is 3.73. The average molecular weight is 255 g/mol. The molecule has 0 aliphatic heterocycles. The molecule has 0 heterocycles. The fraction of sp³-hybridized carbons (Fsp3) is 1.00. The third-order valence-electron chi connectivity index (χ3n) is 3.87. The molecule has 1 fully saturated rings. The lowest BCUT2D eigenvalue weighted by Crippen LogP contribution is -2.43. The van der Waals surface area contributed by atoms with Gasteiger partial charge in [0.1, 0.15) is 0 Å². The highest BCUT2D eigenvalue weighted by Crippen LogP contribution is 2.36. The van der Waals surface area contributed by atoms with Gasteiger partial charge in [0.15, 0.2) is 0 Å². The summed E-state index contributed by atoms with van der Waals surface area (Å²) in [4.78, 5) is 0. The van der Waals surface area contributed by atoms with Crippen LogP contribution in [0.1, 0.15) is 72.1 Å². The van der Waals surface area contributed by atoms with Crippen LogP contribution in [0.15, 0.2) is 0 Å². The molecule has 0 bridgehead atoms. The van der Waals surface area contributed by atoms with Gasteiger partial charge in [-0.05, 0) is 45.1 Å². The zero-order valence-electron chi connectivity index (χ0n) is 12.7. The molecule has 0 amide bonds. The van der Waals surface area contributed by atoms with Crippen molar-refractivity contribution in [2.45, 2.75) is 84.3 Å². The number of unbranched alkanes of at least 4 members (excludes halogenated alkanes) is 3. The van der Waals surface area contributed by atoms with Gasteiger partial charge in [-0.2, -0.15) is 0 Å². The normalized spacial score (nSPS) is 18.8. The standard InChI is InChI=1S/C16H33NO/c1-4-7-8-9-10-15(17-13-5-2)16(18-6-3)14-11-12-14/h14-17H,4-13H2,1-3H3. The SMILES string of the molecule is CCCCCCC(NCCC)C(OCC)C1CC1. The molecule has 1 saturated carbocycles. The first-order valence-corrected chi connectivity index (χ1v) is 8.18. The number of rotatable bonds is 12. The summed E-state index contributed by atoms with van der Waals surface area (Å²) in [6, 6.07) is 0.592. The van der Waals surface area contributed by atoms with E-state index >= 15 is 0 Å². The van der Waals surface area contributed by atoms with E-state index in [1.165, 1.54) is 51.4 Å². The molecule has 0 aromatic carbocycles. The molecule has 0 aromatic heterocycles. The highest BCUT2D eigenvalue weighted by Gasteiger charge is 2.36. The van der Waals surface area contributed by atoms with E-state index < -0.39 is 0 Å². The topological polar surface area (TPSA) is 21.3 Å². The van der Waals surface area contributed by atoms with Crippen LogP contribution in [0, 0.1) is 5.92 Å². The van der Waals surface area contributed by atoms with Gasteiger partial charge in [0.2, 0.25) is 0 Å². The van der Waals surface area contributed by atoms with E-state index in [4.69, 9.17) is 4.74 Å². The van der Waals surface area contributed by atoms with Crippen molar-refractivity contribution in [3.8, 4) is 0 Å². The van der Waals surface area contributed by atoms with Gasteiger partial charge in [-0.25, -0.2) is 0 Å². The Labute approximate surface area is 114 Å². The third kappa shape index (κ3) is 6.19. The average Bonchev–Trinajstić information content (AvgIpc) is 3.20. The van der Waals surface area contributed by atoms with Crippen LogP contribution in [0.25, 0.3) is 0 Å². The van der Waals surface area contributed by atoms with Crippen LogP contribution in [-0.4, -0.2) is 25.3 Å². The lowest BCUT2D eigenvalue weighted by atomic mass is 9.99. The van der Waals surface area contributed by atoms with Crippen LogP contribution in [0.5, 0.6) is 0 Å². The maximum Gasteiger partial charge on any atom is 0.0755 e. The third-order valence-corrected chi connectivity index (χ3v) is 3.87. The van der Waals surface area contributed by atoms with E-state index in [1.54, 1.807) is 0 Å². The predicted molar refractivity (Wildman–Crippen MR) is 79.0 cm³/mol. The first-order chi connectivity index (χ1) is 8.83. The summed E-state index contributed by atoms with van der Waals surface area (Å²) in [5.41, 5.74) is 0. The molecule has 2 nitrogen and oxygen atoms in total. The van der Waals surface area contributed by atoms with Gasteiger partial charge in [0, 0.05) is 12.6 Å². The Balaban J connectivity index is 2.35. The molecular formula is C16H33NO. The first kappa shape index (κ1) is 16.0. The van der Waals surface area contributed by atoms with Gasteiger partial charge in [0.05, 0.1) is 6.10 Å². The van der Waals surface area contributed by atoms with E-state index in [0.29, 0.717) is 12.1 Å². The molecule has 0 aromatic rings. The van der Waals surface area contributed by atoms with Gasteiger partial charge < -0.3 is 10.1 Å². The van der Waals surface area contributed by atoms with Crippen molar-refractivity contribution >= 4 is 0 Å². The number of ether oxygens (including phenoxy) is 1. The second kappa shape index (κ2) is 9.80. The number of hydrogen-bond donors (Lipinski definition) is 1. The second-order valence-electron chi connectivity index (χ2n) is 5.67. The zero-order valence-corrected chi connectivity index (χ0v) is 12.7. The molecule has 1 aliphatic carbocycles. The fourth-order valence-electron chi connectivity index (χ4n) is 2.70. The Hall–Kier alpha value is -0.0800. The summed E-state index contributed by atoms with van der Waals surface area (Å²) < 4.78 is 6.02. The van der Waals surface area contributed by atoms with Crippen molar-refractivity contribution in [1.29, 1.82) is 0 Å². The Kier molecular flexibility index (Phi) is 8.70. The van der Waals surface area contributed by atoms with Gasteiger partial charge >= 0.3 is 0 Å². The Morgan fingerprint density at radius 1 is 1.06 bits per heavy atom. The van der Waals surface area contributed by atoms with E-state index in [-0.39, 0.29) is 0 Å². The van der Waals surface area contributed by atoms with Gasteiger partial charge in [-0.1, -0.05) is 39.5 Å². The van der Waals surface area contributed by atoms with Crippen LogP contribution in [0.4, 0.5) is 0 Å². The summed E-state index contributed by atoms with van der Waals surface area (Å²) >= 11 is 0. The monoisotopic (exact) mass is 255 g/mol. The molecular weight excluding hydrogens is 222 g/mol. The maximum absolute atomic E-state index is 6.02. The quantitative estimate of drug-likeness (QED) is 0.529. The van der Waals surface area contributed by atoms with Crippen LogP contribution < -0.4 is 5.32 Å². The van der Waals surface area contributed by atoms with Gasteiger partial charge in [0.25, 0.3) is 0 Å². The minimum atomic E-state index is 0.475. The van der Waals surface area contributed by atoms with Crippen molar-refractivity contribution in [3.63, 3.8) is 0 Å². The van der Waals surface area contributed by atoms with Crippen molar-refractivity contribution < 1.29 is 4.74 Å². The predicted octanol–water partition coefficient (Wildman–Crippen LogP) is 4.14. The molecule has 2 heteroatoms. The van der Waals surface area contributed by atoms with Crippen LogP contribution in [0.2, 0.25) is 0 Å². The lowest BCUT2D eigenvalue weighted by molar-refractivity contribution is 0.0164. The molecule has 1 aliphatic rings. The van der Waals surface area contributed by atoms with Crippen molar-refractivity contribution in [2.75, 3.05) is 13.2 Å². The maximum atomic E-state index is 6.02. The number of hydrogen-bond acceptors (Lipinski definition) is 2. The highest BCUT2D eigenvalue weighted by molar-refractivity contribution is 4.90. The van der Waals surface area contributed by atoms with E-state index in [1.807, 2.05) is 0 Å². The van der Waals surface area contributed by atoms with Crippen molar-refractivity contribution in [1.82, 2.24) is 5.32 Å². The van der Waals surface area contributed by atoms with Gasteiger partial charge in [-0.15, -0.1) is 0 Å². The number of nitrogens with one attached hydrogen (secondary N) is 1. The Bertz CT molecular complexity index is 192. The molecule has 2 atom stereocenters. The van der Waals surface area contributed by atoms with Crippen molar-refractivity contribution in [2.24, 2.45) is 5.92 Å². The molecule has 1 N–H and O–H groups in total. The molecule has 1 rings (SSSR count). The van der Waals surface area contributed by atoms with Gasteiger partial charge in [-0.3, -0.25) is 0 Å². The smallest absolute Gasteiger partial charge is 0.0755 e. The minimum absolute atomic E-state index is 0.475. The lowest BCUT2D eigenvalue weighted by Gasteiger charge is -2.28. The molecule has 108 valence electrons. The summed E-state index contributed by atoms with van der Waals surface area (Å²) in [6.45, 7) is 8.65. The molecule has 18 heavy (non-hydrogen) atoms. The van der Waals surface area contributed by atoms with E-state index in [9.17, 15) is 0 Å². The summed E-state index contributed by atoms with van der Waals surface area (Å²) in [7, 11) is 0. The zero-order chi connectivity index (χ0) is 13.2. The molecule has 0 saturated heterocycles. The summed E-state index contributed by atoms with van der Waals surface area (Å²) in [5.74, 6) is 0.838. The fourth-order valence-corrected chi connectivity index (χ4v) is 2.70. The van der Waals surface area contributed by atoms with Crippen molar-refractivity contribution in [3.05, 3.63) is 0 Å². The minimum Gasteiger partial charge on any atom is -0.377 e. The molecule has 0 radical (unpaired) electrons. The van der Waals surface area contributed by atoms with Crippen LogP contribution >= 0.6 is 0 Å². The Morgan fingerprint density at radius 2 is 1.83 bits per heavy atom. The first-order valence-electron chi connectivity index (χ1n) is 8.18. The van der Waals surface area contributed by atoms with Crippen LogP contribution in [0.3, 0.4) is 0 Å². The van der Waals surface area contributed by atoms with Crippen LogP contribution in [-0.2, 0) is 4.74 Å². The Morgan fingerprint density at radius 3 is 2.39 bits per heavy atom. The highest BCUT2D eigenvalue weighted by atomic mass is 16.5.